The fourth-order valence-electron chi connectivity index (χ4n) is 0.861. The minimum Gasteiger partial charge on any atom is -0.371 e. The van der Waals surface area contributed by atoms with E-state index < -0.39 is 12.2 Å². The molecule has 0 fully saturated rings. The molecule has 0 aliphatic carbocycles. The van der Waals surface area contributed by atoms with Crippen molar-refractivity contribution in [3.63, 3.8) is 0 Å². The summed E-state index contributed by atoms with van der Waals surface area (Å²) in [6, 6.07) is 0. The highest BCUT2D eigenvalue weighted by Crippen LogP contribution is 1.96. The third-order valence-corrected chi connectivity index (χ3v) is 1.71. The zero-order chi connectivity index (χ0) is 11.2. The Morgan fingerprint density at radius 1 is 1.36 bits per heavy atom. The second-order valence-corrected chi connectivity index (χ2v) is 3.14. The molecule has 86 valence electrons. The Bertz CT molecular complexity index is 150. The molecule has 0 aromatic rings. The van der Waals surface area contributed by atoms with Crippen LogP contribution in [0.5, 0.6) is 0 Å². The van der Waals surface area contributed by atoms with Gasteiger partial charge in [-0.1, -0.05) is 0 Å². The van der Waals surface area contributed by atoms with Crippen LogP contribution in [0.15, 0.2) is 0 Å². The molecule has 7 heteroatoms. The summed E-state index contributed by atoms with van der Waals surface area (Å²) in [6.07, 6.45) is -1.78. The van der Waals surface area contributed by atoms with Gasteiger partial charge in [-0.2, -0.15) is 0 Å². The Morgan fingerprint density at radius 2 is 1.93 bits per heavy atom. The topological polar surface area (TPSA) is 122 Å². The van der Waals surface area contributed by atoms with E-state index in [0.717, 1.165) is 0 Å². The molecular formula is C7H19N3O4. The molecule has 0 bridgehead atoms. The third kappa shape index (κ3) is 6.22. The average molecular weight is 209 g/mol. The summed E-state index contributed by atoms with van der Waals surface area (Å²) in [5.74, 6) is -3.10. The molecule has 0 saturated carbocycles. The van der Waals surface area contributed by atoms with Crippen molar-refractivity contribution < 1.29 is 20.4 Å². The van der Waals surface area contributed by atoms with Crippen LogP contribution in [-0.4, -0.2) is 70.8 Å². The molecule has 7 nitrogen and oxygen atoms in total. The molecule has 0 saturated heterocycles. The molecule has 7 N–H and O–H groups in total. The van der Waals surface area contributed by atoms with E-state index in [-0.39, 0.29) is 0 Å². The lowest BCUT2D eigenvalue weighted by atomic mass is 10.4. The van der Waals surface area contributed by atoms with Crippen molar-refractivity contribution in [3.05, 3.63) is 0 Å². The van der Waals surface area contributed by atoms with Crippen LogP contribution in [0.2, 0.25) is 0 Å². The Hall–Kier alpha value is -0.280. The normalized spacial score (nSPS) is 14.8. The van der Waals surface area contributed by atoms with E-state index in [1.807, 2.05) is 11.9 Å². The maximum Gasteiger partial charge on any atom is 0.317 e. The van der Waals surface area contributed by atoms with Crippen molar-refractivity contribution in [1.82, 2.24) is 10.2 Å². The molecule has 0 rings (SSSR count). The lowest BCUT2D eigenvalue weighted by molar-refractivity contribution is -0.360. The lowest BCUT2D eigenvalue weighted by Crippen LogP contribution is -2.52. The van der Waals surface area contributed by atoms with Gasteiger partial charge in [-0.25, -0.2) is 0 Å². The predicted molar refractivity (Wildman–Crippen MR) is 49.9 cm³/mol. The number of rotatable bonds is 7. The van der Waals surface area contributed by atoms with Gasteiger partial charge in [-0.15, -0.1) is 0 Å². The Labute approximate surface area is 82.8 Å². The number of hydrogen-bond acceptors (Lipinski definition) is 7. The SMILES string of the molecule is CN(CCN)CCNC(O)C(O)(O)O. The molecule has 0 aromatic heterocycles. The van der Waals surface area contributed by atoms with Crippen LogP contribution in [0.4, 0.5) is 0 Å². The Morgan fingerprint density at radius 3 is 2.36 bits per heavy atom. The summed E-state index contributed by atoms with van der Waals surface area (Å²) in [4.78, 5) is 1.90. The van der Waals surface area contributed by atoms with Gasteiger partial charge in [-0.3, -0.25) is 5.32 Å². The van der Waals surface area contributed by atoms with Crippen LogP contribution >= 0.6 is 0 Å². The molecule has 1 unspecified atom stereocenters. The van der Waals surface area contributed by atoms with E-state index in [1.165, 1.54) is 0 Å². The Balaban J connectivity index is 3.54. The van der Waals surface area contributed by atoms with Crippen molar-refractivity contribution in [2.75, 3.05) is 33.2 Å². The summed E-state index contributed by atoms with van der Waals surface area (Å²) in [6.45, 7) is 2.12. The number of aliphatic hydroxyl groups is 4. The van der Waals surface area contributed by atoms with Crippen LogP contribution in [0.3, 0.4) is 0 Å². The lowest BCUT2D eigenvalue weighted by Gasteiger charge is -2.23. The molecule has 0 aliphatic rings. The predicted octanol–water partition coefficient (Wildman–Crippen LogP) is -3.58. The summed E-state index contributed by atoms with van der Waals surface area (Å²) in [5.41, 5.74) is 5.30. The van der Waals surface area contributed by atoms with Crippen LogP contribution in [0.1, 0.15) is 0 Å². The highest BCUT2D eigenvalue weighted by Gasteiger charge is 2.29. The van der Waals surface area contributed by atoms with Gasteiger partial charge in [0, 0.05) is 26.2 Å². The standard InChI is InChI=1S/C7H19N3O4/c1-10(4-2-8)5-3-9-6(11)7(12,13)14/h6,9,11-14H,2-5,8H2,1H3. The number of nitrogens with one attached hydrogen (secondary N) is 1. The van der Waals surface area contributed by atoms with Gasteiger partial charge >= 0.3 is 5.97 Å². The van der Waals surface area contributed by atoms with E-state index in [0.29, 0.717) is 26.2 Å². The maximum atomic E-state index is 8.92. The molecule has 0 aliphatic heterocycles. The van der Waals surface area contributed by atoms with E-state index >= 15 is 0 Å². The first-order valence-corrected chi connectivity index (χ1v) is 4.35. The van der Waals surface area contributed by atoms with Gasteiger partial charge in [-0.05, 0) is 7.05 Å². The number of aliphatic hydroxyl groups excluding tert-OH is 1. The van der Waals surface area contributed by atoms with Gasteiger partial charge in [0.25, 0.3) is 0 Å². The van der Waals surface area contributed by atoms with E-state index in [1.54, 1.807) is 0 Å². The first-order valence-electron chi connectivity index (χ1n) is 4.35. The number of nitrogens with zero attached hydrogens (tertiary/aromatic N) is 1. The number of nitrogens with two attached hydrogens (primary N) is 1. The van der Waals surface area contributed by atoms with Crippen molar-refractivity contribution in [3.8, 4) is 0 Å². The fourth-order valence-corrected chi connectivity index (χ4v) is 0.861. The van der Waals surface area contributed by atoms with Gasteiger partial charge < -0.3 is 31.1 Å². The van der Waals surface area contributed by atoms with Gasteiger partial charge in [0.1, 0.15) is 0 Å². The molecule has 0 aromatic carbocycles. The van der Waals surface area contributed by atoms with Crippen LogP contribution in [0, 0.1) is 0 Å². The molecule has 0 amide bonds. The fraction of sp³-hybridized carbons (Fsp3) is 1.00. The molecule has 1 atom stereocenters. The Kier molecular flexibility index (Phi) is 6.12. The van der Waals surface area contributed by atoms with E-state index in [2.05, 4.69) is 5.32 Å². The second kappa shape index (κ2) is 6.25. The third-order valence-electron chi connectivity index (χ3n) is 1.71. The van der Waals surface area contributed by atoms with E-state index in [9.17, 15) is 0 Å². The summed E-state index contributed by atoms with van der Waals surface area (Å²) in [7, 11) is 1.84. The van der Waals surface area contributed by atoms with Crippen molar-refractivity contribution >= 4 is 0 Å². The van der Waals surface area contributed by atoms with Crippen LogP contribution in [-0.2, 0) is 0 Å². The highest BCUT2D eigenvalue weighted by atomic mass is 16.7. The molecule has 0 heterocycles. The zero-order valence-corrected chi connectivity index (χ0v) is 8.22. The highest BCUT2D eigenvalue weighted by molar-refractivity contribution is 4.62. The minimum atomic E-state index is -3.10. The van der Waals surface area contributed by atoms with Gasteiger partial charge in [0.2, 0.25) is 0 Å². The van der Waals surface area contributed by atoms with Gasteiger partial charge in [0.15, 0.2) is 6.23 Å². The molecule has 0 spiro atoms. The van der Waals surface area contributed by atoms with Gasteiger partial charge in [0.05, 0.1) is 0 Å². The molecule has 14 heavy (non-hydrogen) atoms. The monoisotopic (exact) mass is 209 g/mol. The summed E-state index contributed by atoms with van der Waals surface area (Å²) < 4.78 is 0. The number of hydrogen-bond donors (Lipinski definition) is 6. The first kappa shape index (κ1) is 13.7. The average Bonchev–Trinajstić information content (AvgIpc) is 2.02. The number of likely N-dealkylation sites (N-methyl/N-ethyl adjacent to an activating group) is 1. The first-order chi connectivity index (χ1) is 6.38. The molecule has 0 radical (unpaired) electrons. The van der Waals surface area contributed by atoms with Crippen molar-refractivity contribution in [1.29, 1.82) is 0 Å². The minimum absolute atomic E-state index is 0.307. The second-order valence-electron chi connectivity index (χ2n) is 3.14. The zero-order valence-electron chi connectivity index (χ0n) is 8.22. The maximum absolute atomic E-state index is 8.92. The van der Waals surface area contributed by atoms with E-state index in [4.69, 9.17) is 26.2 Å². The summed E-state index contributed by atoms with van der Waals surface area (Å²) in [5, 5.41) is 36.8. The van der Waals surface area contributed by atoms with Crippen molar-refractivity contribution in [2.24, 2.45) is 5.73 Å². The smallest absolute Gasteiger partial charge is 0.317 e. The van der Waals surface area contributed by atoms with Crippen molar-refractivity contribution in [2.45, 2.75) is 12.2 Å². The molecular weight excluding hydrogens is 190 g/mol. The largest absolute Gasteiger partial charge is 0.371 e. The summed E-state index contributed by atoms with van der Waals surface area (Å²) >= 11 is 0. The quantitative estimate of drug-likeness (QED) is 0.240. The van der Waals surface area contributed by atoms with Crippen LogP contribution in [0.25, 0.3) is 0 Å². The van der Waals surface area contributed by atoms with Crippen LogP contribution < -0.4 is 11.1 Å².